The zero-order chi connectivity index (χ0) is 21.7. The number of hydrogen-bond donors (Lipinski definition) is 0. The minimum absolute atomic E-state index is 0.0630. The number of aryl methyl sites for hydroxylation is 2. The zero-order valence-electron chi connectivity index (χ0n) is 17.9. The van der Waals surface area contributed by atoms with Gasteiger partial charge in [0.2, 0.25) is 0 Å². The molecule has 0 fully saturated rings. The molecule has 2 heterocycles. The molecule has 0 aliphatic rings. The second-order valence-electron chi connectivity index (χ2n) is 9.00. The normalized spacial score (nSPS) is 11.7. The summed E-state index contributed by atoms with van der Waals surface area (Å²) in [7, 11) is 0. The molecule has 0 aliphatic heterocycles. The maximum atomic E-state index is 11.4. The fraction of sp³-hybridized carbons (Fsp3) is 0.650. The van der Waals surface area contributed by atoms with Crippen LogP contribution in [0, 0.1) is 24.7 Å². The smallest absolute Gasteiger partial charge is 0.457 e. The van der Waals surface area contributed by atoms with Crippen LogP contribution in [-0.2, 0) is 22.6 Å². The second-order valence-corrected chi connectivity index (χ2v) is 9.00. The summed E-state index contributed by atoms with van der Waals surface area (Å²) in [5.41, 5.74) is -0.00602. The van der Waals surface area contributed by atoms with Crippen molar-refractivity contribution >= 4 is 5.97 Å². The van der Waals surface area contributed by atoms with Crippen molar-refractivity contribution in [3.8, 4) is 0 Å². The molecule has 2 aromatic heterocycles. The Morgan fingerprint density at radius 1 is 0.786 bits per heavy atom. The quantitative estimate of drug-likeness (QED) is 0.706. The zero-order valence-corrected chi connectivity index (χ0v) is 17.9. The molecule has 2 aromatic rings. The Balaban J connectivity index is 0.000000292. The van der Waals surface area contributed by atoms with Gasteiger partial charge in [0.25, 0.3) is 0 Å². The number of carbonyl (C=O) groups excluding carboxylic acids is 1. The number of ether oxygens (including phenoxy) is 1. The van der Waals surface area contributed by atoms with Crippen molar-refractivity contribution in [1.29, 1.82) is 0 Å². The van der Waals surface area contributed by atoms with Crippen molar-refractivity contribution in [1.82, 2.24) is 0 Å². The summed E-state index contributed by atoms with van der Waals surface area (Å²) in [4.78, 5) is 32.8. The summed E-state index contributed by atoms with van der Waals surface area (Å²) in [6.45, 7) is 15.3. The van der Waals surface area contributed by atoms with E-state index in [-0.39, 0.29) is 29.2 Å². The minimum Gasteiger partial charge on any atom is -0.457 e. The molecular weight excluding hydrogens is 368 g/mol. The molecule has 0 spiro atoms. The highest BCUT2D eigenvalue weighted by Crippen LogP contribution is 2.22. The van der Waals surface area contributed by atoms with Gasteiger partial charge in [0.15, 0.2) is 18.1 Å². The molecule has 0 bridgehead atoms. The van der Waals surface area contributed by atoms with E-state index in [1.54, 1.807) is 13.8 Å². The molecule has 0 unspecified atom stereocenters. The molecular formula is C20H30O8. The second kappa shape index (κ2) is 9.12. The topological polar surface area (TPSA) is 113 Å². The molecule has 2 rings (SSSR count). The van der Waals surface area contributed by atoms with E-state index in [1.807, 2.05) is 20.8 Å². The highest BCUT2D eigenvalue weighted by molar-refractivity contribution is 5.70. The van der Waals surface area contributed by atoms with Crippen molar-refractivity contribution in [2.45, 2.75) is 74.8 Å². The van der Waals surface area contributed by atoms with E-state index >= 15 is 0 Å². The van der Waals surface area contributed by atoms with Gasteiger partial charge in [0, 0.05) is 6.42 Å². The Morgan fingerprint density at radius 2 is 1.25 bits per heavy atom. The van der Waals surface area contributed by atoms with Crippen molar-refractivity contribution in [3.05, 3.63) is 44.3 Å². The van der Waals surface area contributed by atoms with Crippen LogP contribution in [0.2, 0.25) is 0 Å². The van der Waals surface area contributed by atoms with Crippen LogP contribution in [0.4, 0.5) is 0 Å². The lowest BCUT2D eigenvalue weighted by molar-refractivity contribution is -0.147. The lowest BCUT2D eigenvalue weighted by Crippen LogP contribution is -2.15. The lowest BCUT2D eigenvalue weighted by atomic mass is 9.91. The fourth-order valence-electron chi connectivity index (χ4n) is 2.15. The molecule has 0 saturated carbocycles. The number of esters is 1. The molecule has 0 N–H and O–H groups in total. The minimum atomic E-state index is -0.778. The van der Waals surface area contributed by atoms with Crippen molar-refractivity contribution in [2.75, 3.05) is 0 Å². The average molecular weight is 398 g/mol. The van der Waals surface area contributed by atoms with Crippen LogP contribution in [0.5, 0.6) is 0 Å². The highest BCUT2D eigenvalue weighted by Gasteiger charge is 2.19. The first-order valence-electron chi connectivity index (χ1n) is 9.01. The Morgan fingerprint density at radius 3 is 1.61 bits per heavy atom. The van der Waals surface area contributed by atoms with E-state index in [0.29, 0.717) is 23.7 Å². The maximum Gasteiger partial charge on any atom is 0.519 e. The Hall–Kier alpha value is -2.51. The molecule has 0 amide bonds. The SMILES string of the molecule is Cc1oc(=O)oc1CC(C)(C)C.Cc1oc(=O)oc1COC(=O)CC(C)(C)C. The molecule has 8 heteroatoms. The summed E-state index contributed by atoms with van der Waals surface area (Å²) in [6.07, 6.45) is 1.04. The van der Waals surface area contributed by atoms with Crippen molar-refractivity contribution < 1.29 is 27.2 Å². The van der Waals surface area contributed by atoms with Crippen LogP contribution in [0.1, 0.15) is 71.0 Å². The van der Waals surface area contributed by atoms with Crippen LogP contribution in [0.15, 0.2) is 27.3 Å². The van der Waals surface area contributed by atoms with Gasteiger partial charge in [-0.25, -0.2) is 9.59 Å². The van der Waals surface area contributed by atoms with Crippen LogP contribution in [0.25, 0.3) is 0 Å². The number of carbonyl (C=O) groups is 1. The van der Waals surface area contributed by atoms with E-state index in [0.717, 1.165) is 6.42 Å². The highest BCUT2D eigenvalue weighted by atomic mass is 16.6. The molecule has 0 aliphatic carbocycles. The van der Waals surface area contributed by atoms with Gasteiger partial charge in [-0.2, -0.15) is 0 Å². The molecule has 158 valence electrons. The van der Waals surface area contributed by atoms with Crippen molar-refractivity contribution in [2.24, 2.45) is 10.8 Å². The van der Waals surface area contributed by atoms with Gasteiger partial charge < -0.3 is 22.4 Å². The monoisotopic (exact) mass is 398 g/mol. The summed E-state index contributed by atoms with van der Waals surface area (Å²) >= 11 is 0. The molecule has 0 saturated heterocycles. The predicted molar refractivity (Wildman–Crippen MR) is 101 cm³/mol. The number of rotatable bonds is 4. The van der Waals surface area contributed by atoms with Crippen LogP contribution in [0.3, 0.4) is 0 Å². The Bertz CT molecular complexity index is 877. The van der Waals surface area contributed by atoms with Gasteiger partial charge in [0.05, 0.1) is 6.42 Å². The largest absolute Gasteiger partial charge is 0.519 e. The predicted octanol–water partition coefficient (Wildman–Crippen LogP) is 4.15. The summed E-state index contributed by atoms with van der Waals surface area (Å²) in [5, 5.41) is 0. The van der Waals surface area contributed by atoms with Gasteiger partial charge in [-0.15, -0.1) is 0 Å². The summed E-state index contributed by atoms with van der Waals surface area (Å²) in [6, 6.07) is 0. The molecule has 0 aromatic carbocycles. The third-order valence-electron chi connectivity index (χ3n) is 3.40. The van der Waals surface area contributed by atoms with Gasteiger partial charge in [-0.3, -0.25) is 4.79 Å². The van der Waals surface area contributed by atoms with E-state index in [4.69, 9.17) is 18.0 Å². The molecule has 28 heavy (non-hydrogen) atoms. The van der Waals surface area contributed by atoms with Crippen LogP contribution >= 0.6 is 0 Å². The first kappa shape index (κ1) is 23.5. The van der Waals surface area contributed by atoms with Gasteiger partial charge in [-0.1, -0.05) is 41.5 Å². The standard InChI is InChI=1S/C11H16O5.C9H14O3/c1-7-8(16-10(13)15-7)6-14-9(12)5-11(2,3)4;1-6-7(5-9(2,3)4)12-8(10)11-6/h5-6H2,1-4H3;5H2,1-4H3. The molecule has 0 atom stereocenters. The Labute approximate surface area is 163 Å². The van der Waals surface area contributed by atoms with Crippen LogP contribution in [-0.4, -0.2) is 5.97 Å². The molecule has 8 nitrogen and oxygen atoms in total. The Kier molecular flexibility index (Phi) is 7.66. The van der Waals surface area contributed by atoms with E-state index in [1.165, 1.54) is 0 Å². The van der Waals surface area contributed by atoms with Gasteiger partial charge in [-0.05, 0) is 24.7 Å². The van der Waals surface area contributed by atoms with Gasteiger partial charge in [0.1, 0.15) is 11.5 Å². The summed E-state index contributed by atoms with van der Waals surface area (Å²) in [5.74, 6) is 0.144. The van der Waals surface area contributed by atoms with Crippen LogP contribution < -0.4 is 11.6 Å². The number of hydrogen-bond acceptors (Lipinski definition) is 8. The van der Waals surface area contributed by atoms with Crippen molar-refractivity contribution in [3.63, 3.8) is 0 Å². The van der Waals surface area contributed by atoms with E-state index in [9.17, 15) is 14.4 Å². The van der Waals surface area contributed by atoms with Gasteiger partial charge >= 0.3 is 17.6 Å². The van der Waals surface area contributed by atoms with E-state index < -0.39 is 11.6 Å². The maximum absolute atomic E-state index is 11.4. The van der Waals surface area contributed by atoms with E-state index in [2.05, 4.69) is 25.2 Å². The lowest BCUT2D eigenvalue weighted by Gasteiger charge is -2.16. The summed E-state index contributed by atoms with van der Waals surface area (Å²) < 4.78 is 23.9. The third-order valence-corrected chi connectivity index (χ3v) is 3.40. The molecule has 0 radical (unpaired) electrons. The first-order chi connectivity index (χ1) is 12.7. The fourth-order valence-corrected chi connectivity index (χ4v) is 2.15. The third kappa shape index (κ3) is 8.92. The average Bonchev–Trinajstić information content (AvgIpc) is 2.95. The first-order valence-corrected chi connectivity index (χ1v) is 9.01.